The van der Waals surface area contributed by atoms with Crippen LogP contribution in [0.5, 0.6) is 0 Å². The van der Waals surface area contributed by atoms with Crippen LogP contribution in [0.15, 0.2) is 12.1 Å². The van der Waals surface area contributed by atoms with Gasteiger partial charge in [0.2, 0.25) is 5.82 Å². The second-order valence-corrected chi connectivity index (χ2v) is 2.88. The molecule has 0 bridgehead atoms. The number of nitrogens with two attached hydrogens (primary N) is 1. The Kier molecular flexibility index (Phi) is 3.39. The van der Waals surface area contributed by atoms with E-state index in [-0.39, 0.29) is 12.3 Å². The number of nitro benzene ring substituents is 1. The van der Waals surface area contributed by atoms with E-state index < -0.39 is 28.0 Å². The minimum Gasteiger partial charge on any atom is -0.462 e. The Bertz CT molecular complexity index is 447. The van der Waals surface area contributed by atoms with Gasteiger partial charge in [0.15, 0.2) is 0 Å². The molecule has 1 aromatic rings. The first-order valence-corrected chi connectivity index (χ1v) is 4.38. The van der Waals surface area contributed by atoms with Crippen LogP contribution < -0.4 is 5.73 Å². The van der Waals surface area contributed by atoms with Gasteiger partial charge in [-0.1, -0.05) is 0 Å². The zero-order valence-corrected chi connectivity index (χ0v) is 8.40. The molecule has 0 aliphatic rings. The largest absolute Gasteiger partial charge is 0.462 e. The SMILES string of the molecule is CCOC(=O)c1cc(N)cc(F)c1[N+](=O)[O-]. The summed E-state index contributed by atoms with van der Waals surface area (Å²) >= 11 is 0. The summed E-state index contributed by atoms with van der Waals surface area (Å²) in [5, 5.41) is 10.6. The number of nitro groups is 1. The van der Waals surface area contributed by atoms with Crippen LogP contribution in [-0.4, -0.2) is 17.5 Å². The van der Waals surface area contributed by atoms with Crippen LogP contribution in [0, 0.1) is 15.9 Å². The lowest BCUT2D eigenvalue weighted by Gasteiger charge is -2.04. The van der Waals surface area contributed by atoms with Crippen LogP contribution >= 0.6 is 0 Å². The average Bonchev–Trinajstić information content (AvgIpc) is 2.15. The number of ether oxygens (including phenoxy) is 1. The lowest BCUT2D eigenvalue weighted by atomic mass is 10.1. The fourth-order valence-electron chi connectivity index (χ4n) is 1.17. The van der Waals surface area contributed by atoms with Crippen molar-refractivity contribution in [1.29, 1.82) is 0 Å². The van der Waals surface area contributed by atoms with Gasteiger partial charge in [0, 0.05) is 11.8 Å². The van der Waals surface area contributed by atoms with Crippen LogP contribution in [-0.2, 0) is 4.74 Å². The molecule has 0 spiro atoms. The van der Waals surface area contributed by atoms with E-state index in [9.17, 15) is 19.3 Å². The third-order valence-corrected chi connectivity index (χ3v) is 1.76. The molecular weight excluding hydrogens is 219 g/mol. The Morgan fingerprint density at radius 2 is 2.25 bits per heavy atom. The van der Waals surface area contributed by atoms with Crippen molar-refractivity contribution in [2.75, 3.05) is 12.3 Å². The molecule has 16 heavy (non-hydrogen) atoms. The van der Waals surface area contributed by atoms with Gasteiger partial charge in [-0.3, -0.25) is 10.1 Å². The van der Waals surface area contributed by atoms with Gasteiger partial charge in [0.1, 0.15) is 5.56 Å². The lowest BCUT2D eigenvalue weighted by Crippen LogP contribution is -2.10. The van der Waals surface area contributed by atoms with Gasteiger partial charge in [-0.25, -0.2) is 4.79 Å². The summed E-state index contributed by atoms with van der Waals surface area (Å²) in [5.41, 5.74) is 3.81. The van der Waals surface area contributed by atoms with Crippen molar-refractivity contribution < 1.29 is 18.8 Å². The topological polar surface area (TPSA) is 95.5 Å². The number of benzene rings is 1. The number of nitrogens with zero attached hydrogens (tertiary/aromatic N) is 1. The summed E-state index contributed by atoms with van der Waals surface area (Å²) in [5.74, 6) is -2.13. The second-order valence-electron chi connectivity index (χ2n) is 2.88. The molecule has 0 aliphatic carbocycles. The summed E-state index contributed by atoms with van der Waals surface area (Å²) in [4.78, 5) is 20.9. The first kappa shape index (κ1) is 11.9. The number of hydrogen-bond donors (Lipinski definition) is 1. The van der Waals surface area contributed by atoms with E-state index in [4.69, 9.17) is 5.73 Å². The van der Waals surface area contributed by atoms with Gasteiger partial charge in [-0.15, -0.1) is 0 Å². The molecule has 0 unspecified atom stereocenters. The number of hydrogen-bond acceptors (Lipinski definition) is 5. The molecule has 0 atom stereocenters. The van der Waals surface area contributed by atoms with E-state index in [1.165, 1.54) is 6.92 Å². The van der Waals surface area contributed by atoms with Crippen molar-refractivity contribution in [1.82, 2.24) is 0 Å². The summed E-state index contributed by atoms with van der Waals surface area (Å²) in [6, 6.07) is 1.79. The zero-order valence-electron chi connectivity index (χ0n) is 8.40. The molecule has 86 valence electrons. The molecule has 0 radical (unpaired) electrons. The van der Waals surface area contributed by atoms with Crippen molar-refractivity contribution in [2.24, 2.45) is 0 Å². The average molecular weight is 228 g/mol. The minimum absolute atomic E-state index is 0.0341. The maximum atomic E-state index is 13.2. The fourth-order valence-corrected chi connectivity index (χ4v) is 1.17. The molecular formula is C9H9FN2O4. The summed E-state index contributed by atoms with van der Waals surface area (Å²) < 4.78 is 17.8. The van der Waals surface area contributed by atoms with Crippen LogP contribution in [0.2, 0.25) is 0 Å². The molecule has 0 aliphatic heterocycles. The van der Waals surface area contributed by atoms with Gasteiger partial charge >= 0.3 is 11.7 Å². The quantitative estimate of drug-likeness (QED) is 0.366. The molecule has 6 nitrogen and oxygen atoms in total. The number of rotatable bonds is 3. The highest BCUT2D eigenvalue weighted by Gasteiger charge is 2.26. The van der Waals surface area contributed by atoms with Gasteiger partial charge in [-0.05, 0) is 13.0 Å². The Morgan fingerprint density at radius 3 is 2.75 bits per heavy atom. The van der Waals surface area contributed by atoms with E-state index >= 15 is 0 Å². The number of anilines is 1. The predicted octanol–water partition coefficient (Wildman–Crippen LogP) is 1.49. The van der Waals surface area contributed by atoms with E-state index in [0.29, 0.717) is 0 Å². The Balaban J connectivity index is 3.35. The van der Waals surface area contributed by atoms with E-state index in [1.807, 2.05) is 0 Å². The van der Waals surface area contributed by atoms with Crippen LogP contribution in [0.1, 0.15) is 17.3 Å². The standard InChI is InChI=1S/C9H9FN2O4/c1-2-16-9(13)6-3-5(11)4-7(10)8(6)12(14)15/h3-4H,2,11H2,1H3. The third kappa shape index (κ3) is 2.25. The van der Waals surface area contributed by atoms with Crippen molar-refractivity contribution in [2.45, 2.75) is 6.92 Å². The number of carbonyl (C=O) groups excluding carboxylic acids is 1. The Labute approximate surface area is 90.0 Å². The first-order chi connectivity index (χ1) is 7.47. The van der Waals surface area contributed by atoms with Crippen LogP contribution in [0.4, 0.5) is 15.8 Å². The molecule has 1 aromatic carbocycles. The van der Waals surface area contributed by atoms with Gasteiger partial charge < -0.3 is 10.5 Å². The number of nitrogen functional groups attached to an aromatic ring is 1. The molecule has 0 fully saturated rings. The highest BCUT2D eigenvalue weighted by molar-refractivity contribution is 5.95. The maximum absolute atomic E-state index is 13.2. The van der Waals surface area contributed by atoms with Gasteiger partial charge in [-0.2, -0.15) is 4.39 Å². The third-order valence-electron chi connectivity index (χ3n) is 1.76. The lowest BCUT2D eigenvalue weighted by molar-refractivity contribution is -0.387. The Hall–Kier alpha value is -2.18. The fraction of sp³-hybridized carbons (Fsp3) is 0.222. The highest BCUT2D eigenvalue weighted by Crippen LogP contribution is 2.26. The van der Waals surface area contributed by atoms with Gasteiger partial charge in [0.25, 0.3) is 0 Å². The molecule has 0 saturated carbocycles. The molecule has 0 heterocycles. The van der Waals surface area contributed by atoms with Gasteiger partial charge in [0.05, 0.1) is 11.5 Å². The van der Waals surface area contributed by atoms with Crippen molar-refractivity contribution in [3.05, 3.63) is 33.6 Å². The monoisotopic (exact) mass is 228 g/mol. The number of esters is 1. The maximum Gasteiger partial charge on any atom is 0.345 e. The molecule has 7 heteroatoms. The smallest absolute Gasteiger partial charge is 0.345 e. The molecule has 0 amide bonds. The minimum atomic E-state index is -1.16. The molecule has 1 rings (SSSR count). The van der Waals surface area contributed by atoms with E-state index in [1.54, 1.807) is 0 Å². The highest BCUT2D eigenvalue weighted by atomic mass is 19.1. The molecule has 2 N–H and O–H groups in total. The van der Waals surface area contributed by atoms with Crippen molar-refractivity contribution in [3.63, 3.8) is 0 Å². The summed E-state index contributed by atoms with van der Waals surface area (Å²) in [7, 11) is 0. The van der Waals surface area contributed by atoms with E-state index in [2.05, 4.69) is 4.74 Å². The molecule has 0 aromatic heterocycles. The zero-order chi connectivity index (χ0) is 12.3. The van der Waals surface area contributed by atoms with E-state index in [0.717, 1.165) is 12.1 Å². The second kappa shape index (κ2) is 4.56. The summed E-state index contributed by atoms with van der Waals surface area (Å²) in [6.45, 7) is 1.57. The molecule has 0 saturated heterocycles. The number of halogens is 1. The Morgan fingerprint density at radius 1 is 1.62 bits per heavy atom. The van der Waals surface area contributed by atoms with Crippen LogP contribution in [0.3, 0.4) is 0 Å². The predicted molar refractivity (Wildman–Crippen MR) is 53.4 cm³/mol. The first-order valence-electron chi connectivity index (χ1n) is 4.38. The normalized spacial score (nSPS) is 9.88. The van der Waals surface area contributed by atoms with Crippen molar-refractivity contribution >= 4 is 17.3 Å². The van der Waals surface area contributed by atoms with Crippen LogP contribution in [0.25, 0.3) is 0 Å². The summed E-state index contributed by atoms with van der Waals surface area (Å²) in [6.07, 6.45) is 0. The van der Waals surface area contributed by atoms with Crippen molar-refractivity contribution in [3.8, 4) is 0 Å². The number of carbonyl (C=O) groups is 1.